The van der Waals surface area contributed by atoms with Gasteiger partial charge in [0.25, 0.3) is 11.6 Å². The average Bonchev–Trinajstić information content (AvgIpc) is 2.90. The second-order valence-corrected chi connectivity index (χ2v) is 5.15. The Balaban J connectivity index is 1.89. The fourth-order valence-corrected chi connectivity index (χ4v) is 2.28. The highest BCUT2D eigenvalue weighted by Crippen LogP contribution is 2.25. The van der Waals surface area contributed by atoms with E-state index in [-0.39, 0.29) is 18.0 Å². The van der Waals surface area contributed by atoms with Gasteiger partial charge in [-0.15, -0.1) is 0 Å². The van der Waals surface area contributed by atoms with Crippen LogP contribution in [-0.2, 0) is 4.79 Å². The molecule has 0 fully saturated rings. The maximum atomic E-state index is 12.1. The molecule has 0 saturated carbocycles. The lowest BCUT2D eigenvalue weighted by atomic mass is 10.1. The van der Waals surface area contributed by atoms with Gasteiger partial charge in [-0.1, -0.05) is 11.6 Å². The number of non-ortho nitro benzene ring substituents is 1. The molecule has 1 heterocycles. The third-order valence-corrected chi connectivity index (χ3v) is 3.51. The molecule has 0 aromatic heterocycles. The summed E-state index contributed by atoms with van der Waals surface area (Å²) in [6.45, 7) is 0. The first-order valence-electron chi connectivity index (χ1n) is 6.45. The molecular weight excluding hydrogens is 306 g/mol. The number of benzene rings is 2. The highest BCUT2D eigenvalue weighted by molar-refractivity contribution is 6.30. The molecule has 0 saturated heterocycles. The summed E-state index contributed by atoms with van der Waals surface area (Å²) < 4.78 is 0. The fraction of sp³-hybridized carbons (Fsp3) is 0.0667. The summed E-state index contributed by atoms with van der Waals surface area (Å²) in [7, 11) is 0. The standard InChI is InChI=1S/C15H10ClN3O3/c16-11-3-7-12(8-4-11)18-15(20)9-14(17-18)10-1-5-13(6-2-10)19(21)22/h1-8H,9H2. The molecule has 1 amide bonds. The first kappa shape index (κ1) is 14.2. The van der Waals surface area contributed by atoms with Gasteiger partial charge in [-0.2, -0.15) is 5.10 Å². The summed E-state index contributed by atoms with van der Waals surface area (Å²) in [5, 5.41) is 16.8. The van der Waals surface area contributed by atoms with Crippen molar-refractivity contribution < 1.29 is 9.72 Å². The Morgan fingerprint density at radius 3 is 2.32 bits per heavy atom. The van der Waals surface area contributed by atoms with Crippen LogP contribution in [0.5, 0.6) is 0 Å². The first-order chi connectivity index (χ1) is 10.5. The molecule has 0 bridgehead atoms. The van der Waals surface area contributed by atoms with Crippen molar-refractivity contribution in [1.29, 1.82) is 0 Å². The van der Waals surface area contributed by atoms with Gasteiger partial charge >= 0.3 is 0 Å². The van der Waals surface area contributed by atoms with Gasteiger partial charge < -0.3 is 0 Å². The largest absolute Gasteiger partial charge is 0.272 e. The van der Waals surface area contributed by atoms with E-state index < -0.39 is 4.92 Å². The predicted octanol–water partition coefficient (Wildman–Crippen LogP) is 3.39. The van der Waals surface area contributed by atoms with Crippen LogP contribution in [0, 0.1) is 10.1 Å². The molecule has 7 heteroatoms. The SMILES string of the molecule is O=C1CC(c2ccc([N+](=O)[O-])cc2)=NN1c1ccc(Cl)cc1. The highest BCUT2D eigenvalue weighted by Gasteiger charge is 2.26. The number of hydrogen-bond donors (Lipinski definition) is 0. The van der Waals surface area contributed by atoms with E-state index in [2.05, 4.69) is 5.10 Å². The van der Waals surface area contributed by atoms with Crippen LogP contribution in [-0.4, -0.2) is 16.5 Å². The highest BCUT2D eigenvalue weighted by atomic mass is 35.5. The molecule has 0 radical (unpaired) electrons. The Kier molecular flexibility index (Phi) is 3.60. The number of nitro benzene ring substituents is 1. The molecule has 0 unspecified atom stereocenters. The third kappa shape index (κ3) is 2.68. The molecule has 0 atom stereocenters. The number of nitrogens with zero attached hydrogens (tertiary/aromatic N) is 3. The number of nitro groups is 1. The Hall–Kier alpha value is -2.73. The van der Waals surface area contributed by atoms with E-state index in [1.165, 1.54) is 17.1 Å². The normalized spacial score (nSPS) is 14.1. The van der Waals surface area contributed by atoms with E-state index in [0.29, 0.717) is 22.0 Å². The minimum atomic E-state index is -0.467. The van der Waals surface area contributed by atoms with Crippen molar-refractivity contribution in [2.75, 3.05) is 5.01 Å². The van der Waals surface area contributed by atoms with Crippen LogP contribution in [0.2, 0.25) is 5.02 Å². The van der Waals surface area contributed by atoms with Crippen LogP contribution in [0.1, 0.15) is 12.0 Å². The molecular formula is C15H10ClN3O3. The Labute approximate surface area is 130 Å². The van der Waals surface area contributed by atoms with Crippen molar-refractivity contribution in [3.8, 4) is 0 Å². The Bertz CT molecular complexity index is 770. The lowest BCUT2D eigenvalue weighted by Crippen LogP contribution is -2.19. The zero-order chi connectivity index (χ0) is 15.7. The minimum absolute atomic E-state index is 0.00299. The topological polar surface area (TPSA) is 75.8 Å². The monoisotopic (exact) mass is 315 g/mol. The van der Waals surface area contributed by atoms with E-state index >= 15 is 0 Å². The first-order valence-corrected chi connectivity index (χ1v) is 6.83. The van der Waals surface area contributed by atoms with Crippen molar-refractivity contribution in [2.45, 2.75) is 6.42 Å². The molecule has 0 aliphatic carbocycles. The molecule has 0 N–H and O–H groups in total. The quantitative estimate of drug-likeness (QED) is 0.643. The zero-order valence-electron chi connectivity index (χ0n) is 11.3. The smallest absolute Gasteiger partial charge is 0.269 e. The molecule has 22 heavy (non-hydrogen) atoms. The second-order valence-electron chi connectivity index (χ2n) is 4.71. The Morgan fingerprint density at radius 1 is 1.09 bits per heavy atom. The number of amides is 1. The van der Waals surface area contributed by atoms with Crippen LogP contribution in [0.4, 0.5) is 11.4 Å². The number of hydrogen-bond acceptors (Lipinski definition) is 4. The number of anilines is 1. The van der Waals surface area contributed by atoms with Gasteiger partial charge in [-0.25, -0.2) is 5.01 Å². The fourth-order valence-electron chi connectivity index (χ4n) is 2.15. The predicted molar refractivity (Wildman–Crippen MR) is 83.2 cm³/mol. The minimum Gasteiger partial charge on any atom is -0.272 e. The number of carbonyl (C=O) groups is 1. The van der Waals surface area contributed by atoms with Crippen LogP contribution < -0.4 is 5.01 Å². The maximum Gasteiger partial charge on any atom is 0.269 e. The Morgan fingerprint density at radius 2 is 1.73 bits per heavy atom. The van der Waals surface area contributed by atoms with Gasteiger partial charge in [0.15, 0.2) is 0 Å². The lowest BCUT2D eigenvalue weighted by molar-refractivity contribution is -0.384. The number of halogens is 1. The molecule has 110 valence electrons. The third-order valence-electron chi connectivity index (χ3n) is 3.26. The van der Waals surface area contributed by atoms with Crippen molar-refractivity contribution >= 4 is 34.6 Å². The van der Waals surface area contributed by atoms with Crippen molar-refractivity contribution in [2.24, 2.45) is 5.10 Å². The molecule has 1 aliphatic heterocycles. The van der Waals surface area contributed by atoms with E-state index in [1.807, 2.05) is 0 Å². The summed E-state index contributed by atoms with van der Waals surface area (Å²) in [6.07, 6.45) is 0.153. The zero-order valence-corrected chi connectivity index (χ0v) is 12.0. The van der Waals surface area contributed by atoms with Crippen LogP contribution >= 0.6 is 11.6 Å². The lowest BCUT2D eigenvalue weighted by Gasteiger charge is -2.11. The van der Waals surface area contributed by atoms with Gasteiger partial charge in [0.2, 0.25) is 0 Å². The molecule has 6 nitrogen and oxygen atoms in total. The van der Waals surface area contributed by atoms with E-state index in [4.69, 9.17) is 11.6 Å². The average molecular weight is 316 g/mol. The molecule has 0 spiro atoms. The van der Waals surface area contributed by atoms with Crippen molar-refractivity contribution in [1.82, 2.24) is 0 Å². The molecule has 2 aromatic rings. The van der Waals surface area contributed by atoms with Crippen molar-refractivity contribution in [3.05, 3.63) is 69.2 Å². The van der Waals surface area contributed by atoms with Gasteiger partial charge in [-0.3, -0.25) is 14.9 Å². The van der Waals surface area contributed by atoms with Crippen LogP contribution in [0.25, 0.3) is 0 Å². The molecule has 3 rings (SSSR count). The summed E-state index contributed by atoms with van der Waals surface area (Å²) >= 11 is 5.83. The molecule has 2 aromatic carbocycles. The number of rotatable bonds is 3. The summed E-state index contributed by atoms with van der Waals surface area (Å²) in [5.74, 6) is -0.157. The number of hydrazone groups is 1. The van der Waals surface area contributed by atoms with Gasteiger partial charge in [-0.05, 0) is 42.0 Å². The van der Waals surface area contributed by atoms with Gasteiger partial charge in [0, 0.05) is 17.2 Å². The summed E-state index contributed by atoms with van der Waals surface area (Å²) in [4.78, 5) is 22.3. The van der Waals surface area contributed by atoms with Gasteiger partial charge in [0.1, 0.15) is 0 Å². The van der Waals surface area contributed by atoms with E-state index in [9.17, 15) is 14.9 Å². The summed E-state index contributed by atoms with van der Waals surface area (Å²) in [5.41, 5.74) is 1.90. The number of carbonyl (C=O) groups excluding carboxylic acids is 1. The van der Waals surface area contributed by atoms with E-state index in [1.54, 1.807) is 36.4 Å². The molecule has 1 aliphatic rings. The van der Waals surface area contributed by atoms with E-state index in [0.717, 1.165) is 0 Å². The summed E-state index contributed by atoms with van der Waals surface area (Å²) in [6, 6.07) is 12.8. The van der Waals surface area contributed by atoms with Gasteiger partial charge in [0.05, 0.1) is 22.7 Å². The van der Waals surface area contributed by atoms with Crippen molar-refractivity contribution in [3.63, 3.8) is 0 Å². The second kappa shape index (κ2) is 5.57. The van der Waals surface area contributed by atoms with Crippen LogP contribution in [0.15, 0.2) is 53.6 Å². The van der Waals surface area contributed by atoms with Crippen LogP contribution in [0.3, 0.4) is 0 Å². The maximum absolute atomic E-state index is 12.1.